The van der Waals surface area contributed by atoms with Crippen LogP contribution in [0.2, 0.25) is 0 Å². The van der Waals surface area contributed by atoms with Gasteiger partial charge in [-0.2, -0.15) is 0 Å². The summed E-state index contributed by atoms with van der Waals surface area (Å²) in [5.41, 5.74) is -2.31. The molecule has 0 radical (unpaired) electrons. The minimum absolute atomic E-state index is 0. The molecule has 3 aliphatic rings. The molecule has 2 fully saturated rings. The predicted octanol–water partition coefficient (Wildman–Crippen LogP) is 2.94. The summed E-state index contributed by atoms with van der Waals surface area (Å²) in [6.07, 6.45) is 13.3. The Kier molecular flexibility index (Phi) is 8.37. The maximum Gasteiger partial charge on any atom is 2.00 e. The first kappa shape index (κ1) is 28.3. The van der Waals surface area contributed by atoms with E-state index >= 15 is 0 Å². The summed E-state index contributed by atoms with van der Waals surface area (Å²) in [4.78, 5) is 54.5. The van der Waals surface area contributed by atoms with Crippen LogP contribution in [0.3, 0.4) is 0 Å². The van der Waals surface area contributed by atoms with E-state index in [-0.39, 0.29) is 56.0 Å². The molecule has 36 heavy (non-hydrogen) atoms. The van der Waals surface area contributed by atoms with Gasteiger partial charge in [0.25, 0.3) is 5.91 Å². The number of imidazole rings is 1. The van der Waals surface area contributed by atoms with Crippen molar-refractivity contribution in [2.45, 2.75) is 64.1 Å². The van der Waals surface area contributed by atoms with E-state index in [0.717, 1.165) is 0 Å². The largest absolute Gasteiger partial charge is 2.00 e. The molecule has 9 nitrogen and oxygen atoms in total. The van der Waals surface area contributed by atoms with Crippen LogP contribution in [0.4, 0.5) is 0 Å². The monoisotopic (exact) mass is 522 g/mol. The van der Waals surface area contributed by atoms with E-state index in [1.165, 1.54) is 31.1 Å². The third-order valence-corrected chi connectivity index (χ3v) is 7.71. The normalized spacial score (nSPS) is 31.4. The van der Waals surface area contributed by atoms with Crippen LogP contribution in [0.1, 0.15) is 57.7 Å². The Hall–Kier alpha value is -2.23. The summed E-state index contributed by atoms with van der Waals surface area (Å²) >= 11 is 0. The molecule has 2 aliphatic carbocycles. The molecule has 1 saturated carbocycles. The molecule has 1 saturated heterocycles. The molecule has 4 rings (SSSR count). The van der Waals surface area contributed by atoms with E-state index in [0.29, 0.717) is 36.8 Å². The minimum atomic E-state index is -1.12. The molecule has 4 atom stereocenters. The summed E-state index contributed by atoms with van der Waals surface area (Å²) in [5.74, 6) is -1.92. The Bertz CT molecular complexity index is 1160. The average molecular weight is 523 g/mol. The first-order chi connectivity index (χ1) is 16.6. The Labute approximate surface area is 239 Å². The minimum Gasteiger partial charge on any atom is -0.466 e. The van der Waals surface area contributed by atoms with Gasteiger partial charge < -0.3 is 14.2 Å². The van der Waals surface area contributed by atoms with E-state index in [9.17, 15) is 19.2 Å². The molecule has 1 aromatic heterocycles. The quantitative estimate of drug-likeness (QED) is 0.191. The average Bonchev–Trinajstić information content (AvgIpc) is 3.39. The second kappa shape index (κ2) is 10.6. The van der Waals surface area contributed by atoms with Crippen molar-refractivity contribution in [2.75, 3.05) is 7.11 Å². The van der Waals surface area contributed by atoms with Gasteiger partial charge in [-0.1, -0.05) is 18.2 Å². The zero-order chi connectivity index (χ0) is 25.4. The van der Waals surface area contributed by atoms with Crippen LogP contribution in [0.15, 0.2) is 54.2 Å². The number of allylic oxidation sites excluding steroid dienone is 4. The second-order valence-corrected chi connectivity index (χ2v) is 9.64. The second-order valence-electron chi connectivity index (χ2n) is 9.64. The molecule has 2 bridgehead atoms. The van der Waals surface area contributed by atoms with E-state index in [1.807, 2.05) is 0 Å². The van der Waals surface area contributed by atoms with Gasteiger partial charge in [0.2, 0.25) is 0 Å². The summed E-state index contributed by atoms with van der Waals surface area (Å²) in [7, 11) is 1.32. The fraction of sp³-hybridized carbons (Fsp3) is 0.500. The molecule has 1 aliphatic heterocycles. The van der Waals surface area contributed by atoms with Gasteiger partial charge >= 0.3 is 55.6 Å². The van der Waals surface area contributed by atoms with Crippen LogP contribution in [0.25, 0.3) is 0 Å². The maximum atomic E-state index is 13.6. The number of cyclic esters (lactones) is 1. The number of esters is 3. The number of carbonyl (C=O) groups excluding carboxylic acids is 4. The van der Waals surface area contributed by atoms with Gasteiger partial charge in [-0.25, -0.2) is 9.78 Å². The summed E-state index contributed by atoms with van der Waals surface area (Å²) in [6.45, 7) is 4.82. The first-order valence-corrected chi connectivity index (χ1v) is 11.7. The van der Waals surface area contributed by atoms with Crippen molar-refractivity contribution in [1.82, 2.24) is 9.55 Å². The number of aromatic nitrogens is 2. The fourth-order valence-corrected chi connectivity index (χ4v) is 6.03. The van der Waals surface area contributed by atoms with Gasteiger partial charge in [0.05, 0.1) is 7.11 Å². The molecular formula is C26H30CaN2O7+2. The van der Waals surface area contributed by atoms with E-state index in [1.54, 1.807) is 44.3 Å². The number of hydrogen-bond donors (Lipinski definition) is 0. The number of nitrogens with zero attached hydrogens (tertiary/aromatic N) is 2. The Morgan fingerprint density at radius 2 is 2.00 bits per heavy atom. The third kappa shape index (κ3) is 4.61. The van der Waals surface area contributed by atoms with Crippen molar-refractivity contribution in [3.63, 3.8) is 0 Å². The molecule has 1 aromatic rings. The SMILES string of the molecule is COC(=O)C1=CC[C@@]23CC[C@@H]([C@@](C)(/C=C/C=C(\C)C(=O)n4ccnc4)OC2=O)[C@@]3(OC(C)=O)CC1.[Ca+2]. The van der Waals surface area contributed by atoms with Crippen molar-refractivity contribution in [1.29, 1.82) is 0 Å². The van der Waals surface area contributed by atoms with E-state index in [4.69, 9.17) is 14.2 Å². The van der Waals surface area contributed by atoms with Crippen molar-refractivity contribution < 1.29 is 33.4 Å². The molecule has 0 N–H and O–H groups in total. The van der Waals surface area contributed by atoms with Crippen molar-refractivity contribution in [3.05, 3.63) is 54.2 Å². The van der Waals surface area contributed by atoms with Gasteiger partial charge in [0.1, 0.15) is 22.9 Å². The number of rotatable bonds is 5. The smallest absolute Gasteiger partial charge is 0.466 e. The summed E-state index contributed by atoms with van der Waals surface area (Å²) in [5, 5.41) is 0. The summed E-state index contributed by atoms with van der Waals surface area (Å²) in [6, 6.07) is 0. The van der Waals surface area contributed by atoms with Crippen LogP contribution in [0.5, 0.6) is 0 Å². The molecular weight excluding hydrogens is 492 g/mol. The maximum absolute atomic E-state index is 13.6. The van der Waals surface area contributed by atoms with Crippen LogP contribution in [-0.4, -0.2) is 89.4 Å². The molecule has 0 unspecified atom stereocenters. The standard InChI is InChI=1S/C26H30N2O7.Ca/c1-17(21(30)28-15-14-27-16-28)6-5-10-24(3)20-9-12-25(23(32)35-24)11-7-19(22(31)33-4)8-13-26(20,25)34-18(2)29;/h5-7,10,14-16,20H,8-9,11-13H2,1-4H3;/q;+2/b10-5+,17-6+;/t20-,24+,25+,26-;/m0./s1. The molecule has 0 aromatic carbocycles. The number of hydrogen-bond acceptors (Lipinski definition) is 8. The molecule has 186 valence electrons. The summed E-state index contributed by atoms with van der Waals surface area (Å²) < 4.78 is 18.3. The van der Waals surface area contributed by atoms with Gasteiger partial charge in [0, 0.05) is 36.4 Å². The molecule has 10 heteroatoms. The first-order valence-electron chi connectivity index (χ1n) is 11.7. The van der Waals surface area contributed by atoms with E-state index in [2.05, 4.69) is 4.98 Å². The Balaban J connectivity index is 0.00000361. The molecule has 0 amide bonds. The molecule has 2 heterocycles. The van der Waals surface area contributed by atoms with Crippen LogP contribution in [-0.2, 0) is 28.6 Å². The zero-order valence-corrected chi connectivity index (χ0v) is 23.3. The third-order valence-electron chi connectivity index (χ3n) is 7.71. The number of ether oxygens (including phenoxy) is 3. The van der Waals surface area contributed by atoms with Gasteiger partial charge in [-0.05, 0) is 52.0 Å². The fourth-order valence-electron chi connectivity index (χ4n) is 6.03. The van der Waals surface area contributed by atoms with Gasteiger partial charge in [-0.3, -0.25) is 19.0 Å². The van der Waals surface area contributed by atoms with Crippen molar-refractivity contribution >= 4 is 61.6 Å². The Morgan fingerprint density at radius 3 is 2.64 bits per heavy atom. The van der Waals surface area contributed by atoms with Gasteiger partial charge in [-0.15, -0.1) is 0 Å². The van der Waals surface area contributed by atoms with Crippen LogP contribution in [0, 0.1) is 11.3 Å². The van der Waals surface area contributed by atoms with E-state index < -0.39 is 34.5 Å². The van der Waals surface area contributed by atoms with Gasteiger partial charge in [0.15, 0.2) is 0 Å². The molecule has 0 spiro atoms. The Morgan fingerprint density at radius 1 is 1.25 bits per heavy atom. The number of carbonyl (C=O) groups is 4. The topological polar surface area (TPSA) is 114 Å². The van der Waals surface area contributed by atoms with Crippen molar-refractivity contribution in [3.8, 4) is 0 Å². The van der Waals surface area contributed by atoms with Crippen molar-refractivity contribution in [2.24, 2.45) is 11.3 Å². The zero-order valence-electron chi connectivity index (χ0n) is 21.1. The predicted molar refractivity (Wildman–Crippen MR) is 130 cm³/mol. The number of methoxy groups -OCH3 is 1. The van der Waals surface area contributed by atoms with Crippen LogP contribution < -0.4 is 0 Å². The van der Waals surface area contributed by atoms with Crippen LogP contribution >= 0.6 is 0 Å².